The van der Waals surface area contributed by atoms with Crippen LogP contribution in [0.5, 0.6) is 11.5 Å². The van der Waals surface area contributed by atoms with Crippen LogP contribution in [0, 0.1) is 18.8 Å². The number of ether oxygens (including phenoxy) is 1. The van der Waals surface area contributed by atoms with Gasteiger partial charge in [-0.1, -0.05) is 199 Å². The molecule has 0 amide bonds. The molecule has 0 spiro atoms. The molecule has 396 valence electrons. The number of pyridine rings is 1. The van der Waals surface area contributed by atoms with Crippen molar-refractivity contribution in [3.8, 4) is 67.5 Å². The van der Waals surface area contributed by atoms with E-state index in [2.05, 4.69) is 298 Å². The Morgan fingerprint density at radius 3 is 1.79 bits per heavy atom. The summed E-state index contributed by atoms with van der Waals surface area (Å²) in [5.74, 6) is 2.00. The Labute approximate surface area is 487 Å². The van der Waals surface area contributed by atoms with Gasteiger partial charge >= 0.3 is 0 Å². The predicted octanol–water partition coefficient (Wildman–Crippen LogP) is 19.7. The maximum absolute atomic E-state index is 7.15. The molecule has 81 heavy (non-hydrogen) atoms. The van der Waals surface area contributed by atoms with E-state index in [4.69, 9.17) is 9.72 Å². The number of anilines is 4. The van der Waals surface area contributed by atoms with Crippen molar-refractivity contribution in [2.45, 2.75) is 52.4 Å². The summed E-state index contributed by atoms with van der Waals surface area (Å²) in [4.78, 5) is 9.75. The van der Waals surface area contributed by atoms with Gasteiger partial charge in [-0.25, -0.2) is 4.98 Å². The molecule has 7 heteroatoms. The van der Waals surface area contributed by atoms with Crippen molar-refractivity contribution in [3.63, 3.8) is 0 Å². The van der Waals surface area contributed by atoms with Crippen molar-refractivity contribution < 1.29 is 25.8 Å². The smallest absolute Gasteiger partial charge is 0.135 e. The number of para-hydroxylation sites is 5. The first kappa shape index (κ1) is 50.3. The Hall–Kier alpha value is -8.96. The predicted molar refractivity (Wildman–Crippen MR) is 331 cm³/mol. The van der Waals surface area contributed by atoms with Gasteiger partial charge in [0.1, 0.15) is 5.82 Å². The van der Waals surface area contributed by atoms with Crippen LogP contribution in [0.15, 0.2) is 225 Å². The zero-order chi connectivity index (χ0) is 54.0. The Morgan fingerprint density at radius 1 is 0.444 bits per heavy atom. The quantitative estimate of drug-likeness (QED) is 0.149. The van der Waals surface area contributed by atoms with Crippen molar-refractivity contribution in [1.82, 2.24) is 14.1 Å². The summed E-state index contributed by atoms with van der Waals surface area (Å²) < 4.78 is 11.9. The molecule has 0 aliphatic carbocycles. The fourth-order valence-electron chi connectivity index (χ4n) is 12.4. The molecule has 0 bridgehead atoms. The van der Waals surface area contributed by atoms with E-state index in [0.29, 0.717) is 11.5 Å². The monoisotopic (exact) mass is 1230 g/mol. The molecule has 0 N–H and O–H groups in total. The number of rotatable bonds is 7. The van der Waals surface area contributed by atoms with Gasteiger partial charge in [-0.15, -0.1) is 53.6 Å². The van der Waals surface area contributed by atoms with Crippen LogP contribution in [-0.4, -0.2) is 14.1 Å². The van der Waals surface area contributed by atoms with E-state index < -0.39 is 0 Å². The summed E-state index contributed by atoms with van der Waals surface area (Å²) in [6.07, 6.45) is 1.94. The first-order chi connectivity index (χ1) is 39.0. The average molecular weight is 1230 g/mol. The zero-order valence-corrected chi connectivity index (χ0v) is 48.2. The fourth-order valence-corrected chi connectivity index (χ4v) is 12.4. The van der Waals surface area contributed by atoms with Gasteiger partial charge < -0.3 is 23.7 Å². The molecule has 13 aromatic rings. The summed E-state index contributed by atoms with van der Waals surface area (Å²) >= 11 is 0. The van der Waals surface area contributed by atoms with Crippen molar-refractivity contribution >= 4 is 66.4 Å². The van der Waals surface area contributed by atoms with Crippen LogP contribution in [0.2, 0.25) is 0 Å². The van der Waals surface area contributed by atoms with E-state index in [0.717, 1.165) is 83.9 Å². The SMILES string of the molecule is CC(C)(C)c1cc(Oc2[c-]c3c(cc2)c2c4c(ccc2n3-c2cc(C(C)(C)C)ccn2)-n2c3ccccc3c3cccc(c32)-c2ccccc2-4)[c-]c(N2[CH-]N(c3c(-c4ccccc4)cccc3-c3ccccc3)c3ccccc32)c1.[Pt]. The Kier molecular flexibility index (Phi) is 11.9. The third-order valence-electron chi connectivity index (χ3n) is 16.3. The molecule has 5 heterocycles. The minimum atomic E-state index is -0.227. The van der Waals surface area contributed by atoms with Crippen LogP contribution < -0.4 is 14.5 Å². The second kappa shape index (κ2) is 19.1. The van der Waals surface area contributed by atoms with Crippen LogP contribution in [0.1, 0.15) is 52.7 Å². The van der Waals surface area contributed by atoms with Gasteiger partial charge in [0.2, 0.25) is 0 Å². The fraction of sp³-hybridized carbons (Fsp3) is 0.108. The van der Waals surface area contributed by atoms with E-state index in [1.807, 2.05) is 6.20 Å². The van der Waals surface area contributed by atoms with Gasteiger partial charge in [-0.2, -0.15) is 6.07 Å². The molecule has 2 aliphatic rings. The van der Waals surface area contributed by atoms with E-state index >= 15 is 0 Å². The number of nitrogens with zero attached hydrogens (tertiary/aromatic N) is 5. The van der Waals surface area contributed by atoms with Crippen LogP contribution in [0.4, 0.5) is 22.7 Å². The molecular weight excluding hydrogens is 1170 g/mol. The minimum Gasteiger partial charge on any atom is -0.509 e. The Balaban J connectivity index is 0.00000589. The van der Waals surface area contributed by atoms with Gasteiger partial charge in [0.25, 0.3) is 0 Å². The van der Waals surface area contributed by atoms with Crippen molar-refractivity contribution in [2.75, 3.05) is 9.80 Å². The number of aromatic nitrogens is 3. The number of hydrogen-bond donors (Lipinski definition) is 0. The third-order valence-corrected chi connectivity index (χ3v) is 16.3. The maximum Gasteiger partial charge on any atom is 0.135 e. The molecular formula is C74H56N5OPt-3. The minimum absolute atomic E-state index is 0. The topological polar surface area (TPSA) is 38.5 Å². The number of hydrogen-bond acceptors (Lipinski definition) is 4. The standard InChI is InChI=1S/C74H56N5O.Pt/c1-73(2,3)49-39-40-75-68(43-49)78-65-37-38-66-69(58-27-14-13-25-56(58)59-30-20-31-60-57-26-15-16-32-62(57)79(66)72(59)60)70(65)61-36-35-52(45-67(61)78)80-53-42-50(74(4,5)6)41-51(44-53)76-46-77(64-34-18-17-33-63(64)76)71-54(47-21-9-7-10-22-47)28-19-29-55(71)48-23-11-8-12-24-48;/h7-43,46H,1-6H3;/q-3;. The summed E-state index contributed by atoms with van der Waals surface area (Å²) in [7, 11) is 0. The first-order valence-corrected chi connectivity index (χ1v) is 27.6. The van der Waals surface area contributed by atoms with E-state index in [1.165, 1.54) is 49.6 Å². The molecule has 0 saturated heterocycles. The molecule has 2 aliphatic heterocycles. The second-order valence-electron chi connectivity index (χ2n) is 23.3. The van der Waals surface area contributed by atoms with Gasteiger partial charge in [0, 0.05) is 94.4 Å². The molecule has 0 fully saturated rings. The van der Waals surface area contributed by atoms with Crippen LogP contribution in [0.3, 0.4) is 0 Å². The molecule has 0 atom stereocenters. The van der Waals surface area contributed by atoms with Gasteiger partial charge in [-0.05, 0) is 86.5 Å². The van der Waals surface area contributed by atoms with Crippen LogP contribution in [-0.2, 0) is 31.9 Å². The van der Waals surface area contributed by atoms with Gasteiger partial charge in [-0.3, -0.25) is 0 Å². The molecule has 0 saturated carbocycles. The summed E-state index contributed by atoms with van der Waals surface area (Å²) in [6.45, 7) is 15.7. The molecule has 0 radical (unpaired) electrons. The number of fused-ring (bicyclic) bond motifs is 13. The molecule has 3 aromatic heterocycles. The number of benzene rings is 10. The molecule has 15 rings (SSSR count). The molecule has 10 aromatic carbocycles. The summed E-state index contributed by atoms with van der Waals surface area (Å²) in [5, 5.41) is 4.67. The normalized spacial score (nSPS) is 12.9. The van der Waals surface area contributed by atoms with E-state index in [1.54, 1.807) is 0 Å². The zero-order valence-electron chi connectivity index (χ0n) is 45.9. The second-order valence-corrected chi connectivity index (χ2v) is 23.3. The Bertz CT molecular complexity index is 4580. The van der Waals surface area contributed by atoms with Crippen LogP contribution >= 0.6 is 0 Å². The van der Waals surface area contributed by atoms with E-state index in [9.17, 15) is 0 Å². The first-order valence-electron chi connectivity index (χ1n) is 27.6. The van der Waals surface area contributed by atoms with E-state index in [-0.39, 0.29) is 31.9 Å². The summed E-state index contributed by atoms with van der Waals surface area (Å²) in [6, 6.07) is 86.4. The largest absolute Gasteiger partial charge is 0.509 e. The van der Waals surface area contributed by atoms with Gasteiger partial charge in [0.15, 0.2) is 0 Å². The third kappa shape index (κ3) is 8.13. The van der Waals surface area contributed by atoms with Crippen molar-refractivity contribution in [2.24, 2.45) is 0 Å². The van der Waals surface area contributed by atoms with Gasteiger partial charge in [0.05, 0.1) is 16.7 Å². The van der Waals surface area contributed by atoms with Crippen molar-refractivity contribution in [3.05, 3.63) is 255 Å². The van der Waals surface area contributed by atoms with Crippen molar-refractivity contribution in [1.29, 1.82) is 0 Å². The average Bonchev–Trinajstić information content (AvgIpc) is 4.32. The Morgan fingerprint density at radius 2 is 1.06 bits per heavy atom. The summed E-state index contributed by atoms with van der Waals surface area (Å²) in [5.41, 5.74) is 20.9. The molecule has 0 unspecified atom stereocenters. The molecule has 6 nitrogen and oxygen atoms in total. The maximum atomic E-state index is 7.15. The van der Waals surface area contributed by atoms with Crippen LogP contribution in [0.25, 0.3) is 99.6 Å².